The summed E-state index contributed by atoms with van der Waals surface area (Å²) in [4.78, 5) is 44.3. The highest BCUT2D eigenvalue weighted by Crippen LogP contribution is 2.29. The first-order valence-corrected chi connectivity index (χ1v) is 14.4. The lowest BCUT2D eigenvalue weighted by Gasteiger charge is -2.16. The molecule has 0 aliphatic carbocycles. The molecular weight excluding hydrogens is 564 g/mol. The number of carbonyl (C=O) groups is 3. The van der Waals surface area contributed by atoms with Gasteiger partial charge < -0.3 is 25.4 Å². The Kier molecular flexibility index (Phi) is 10.9. The fourth-order valence-corrected chi connectivity index (χ4v) is 5.05. The molecule has 43 heavy (non-hydrogen) atoms. The predicted octanol–water partition coefficient (Wildman–Crippen LogP) is 6.02. The van der Waals surface area contributed by atoms with Crippen LogP contribution in [0.3, 0.4) is 0 Å². The van der Waals surface area contributed by atoms with Crippen molar-refractivity contribution >= 4 is 46.9 Å². The number of carbonyl (C=O) groups excluding carboxylic acids is 3. The van der Waals surface area contributed by atoms with Crippen LogP contribution < -0.4 is 25.4 Å². The van der Waals surface area contributed by atoms with Crippen LogP contribution in [0.25, 0.3) is 6.08 Å². The summed E-state index contributed by atoms with van der Waals surface area (Å²) in [6.07, 6.45) is 5.36. The van der Waals surface area contributed by atoms with E-state index in [-0.39, 0.29) is 16.9 Å². The van der Waals surface area contributed by atoms with Crippen LogP contribution in [0, 0.1) is 0 Å². The van der Waals surface area contributed by atoms with E-state index in [0.717, 1.165) is 4.90 Å². The number of aromatic nitrogens is 1. The molecule has 220 valence electrons. The van der Waals surface area contributed by atoms with Gasteiger partial charge in [0, 0.05) is 39.8 Å². The van der Waals surface area contributed by atoms with E-state index >= 15 is 0 Å². The Bertz CT molecular complexity index is 1600. The zero-order chi connectivity index (χ0) is 30.6. The molecule has 0 aliphatic rings. The Morgan fingerprint density at radius 2 is 1.63 bits per heavy atom. The average Bonchev–Trinajstić information content (AvgIpc) is 3.04. The third kappa shape index (κ3) is 8.70. The summed E-state index contributed by atoms with van der Waals surface area (Å²) < 4.78 is 10.8. The van der Waals surface area contributed by atoms with Crippen LogP contribution in [0.15, 0.2) is 108 Å². The number of pyridine rings is 1. The summed E-state index contributed by atoms with van der Waals surface area (Å²) in [5.41, 5.74) is 2.10. The molecule has 1 atom stereocenters. The molecule has 4 aromatic rings. The molecule has 0 bridgehead atoms. The van der Waals surface area contributed by atoms with E-state index in [1.165, 1.54) is 32.1 Å². The molecule has 0 aliphatic heterocycles. The van der Waals surface area contributed by atoms with Gasteiger partial charge in [0.25, 0.3) is 11.8 Å². The molecule has 3 N–H and O–H groups in total. The zero-order valence-corrected chi connectivity index (χ0v) is 24.8. The van der Waals surface area contributed by atoms with E-state index in [0.29, 0.717) is 40.4 Å². The van der Waals surface area contributed by atoms with Crippen molar-refractivity contribution in [1.29, 1.82) is 0 Å². The van der Waals surface area contributed by atoms with Gasteiger partial charge in [-0.2, -0.15) is 0 Å². The molecule has 1 heterocycles. The van der Waals surface area contributed by atoms with E-state index in [2.05, 4.69) is 20.9 Å². The van der Waals surface area contributed by atoms with E-state index in [1.54, 1.807) is 91.3 Å². The molecule has 0 radical (unpaired) electrons. The van der Waals surface area contributed by atoms with E-state index < -0.39 is 11.8 Å². The van der Waals surface area contributed by atoms with Crippen LogP contribution in [-0.2, 0) is 9.59 Å². The van der Waals surface area contributed by atoms with Crippen LogP contribution >= 0.6 is 11.8 Å². The first-order chi connectivity index (χ1) is 20.9. The first-order valence-electron chi connectivity index (χ1n) is 13.5. The third-order valence-electron chi connectivity index (χ3n) is 6.25. The second-order valence-electron chi connectivity index (χ2n) is 9.21. The SMILES string of the molecule is CCC(Sc1cccc(NC(=O)/C(=C\c2cc(OC)ccc2OC)NC(=O)c2ccccc2)c1)C(=O)Nc1ccncc1. The molecule has 0 spiro atoms. The van der Waals surface area contributed by atoms with Gasteiger partial charge in [0.2, 0.25) is 5.91 Å². The van der Waals surface area contributed by atoms with Crippen molar-refractivity contribution in [3.63, 3.8) is 0 Å². The van der Waals surface area contributed by atoms with Gasteiger partial charge in [-0.25, -0.2) is 0 Å². The van der Waals surface area contributed by atoms with Crippen molar-refractivity contribution in [2.75, 3.05) is 24.9 Å². The minimum absolute atomic E-state index is 0.00151. The number of methoxy groups -OCH3 is 2. The second kappa shape index (κ2) is 15.2. The van der Waals surface area contributed by atoms with Gasteiger partial charge in [-0.15, -0.1) is 11.8 Å². The maximum Gasteiger partial charge on any atom is 0.272 e. The summed E-state index contributed by atoms with van der Waals surface area (Å²) in [5, 5.41) is 8.16. The minimum Gasteiger partial charge on any atom is -0.497 e. The third-order valence-corrected chi connectivity index (χ3v) is 7.60. The Morgan fingerprint density at radius 3 is 2.33 bits per heavy atom. The van der Waals surface area contributed by atoms with Crippen molar-refractivity contribution in [3.05, 3.63) is 114 Å². The fourth-order valence-electron chi connectivity index (χ4n) is 4.04. The zero-order valence-electron chi connectivity index (χ0n) is 24.0. The van der Waals surface area contributed by atoms with Crippen LogP contribution in [0.1, 0.15) is 29.3 Å². The van der Waals surface area contributed by atoms with Gasteiger partial charge in [-0.05, 0) is 73.2 Å². The van der Waals surface area contributed by atoms with Gasteiger partial charge in [0.05, 0.1) is 19.5 Å². The Balaban J connectivity index is 1.56. The molecule has 1 unspecified atom stereocenters. The number of nitrogens with one attached hydrogen (secondary N) is 3. The van der Waals surface area contributed by atoms with Crippen LogP contribution in [0.2, 0.25) is 0 Å². The van der Waals surface area contributed by atoms with Gasteiger partial charge in [0.1, 0.15) is 17.2 Å². The molecule has 0 fully saturated rings. The molecule has 0 saturated heterocycles. The summed E-state index contributed by atoms with van der Waals surface area (Å²) in [5.74, 6) is -0.0642. The number of rotatable bonds is 12. The highest BCUT2D eigenvalue weighted by atomic mass is 32.2. The van der Waals surface area contributed by atoms with Crippen molar-refractivity contribution < 1.29 is 23.9 Å². The van der Waals surface area contributed by atoms with Gasteiger partial charge in [0.15, 0.2) is 0 Å². The number of amides is 3. The Morgan fingerprint density at radius 1 is 0.860 bits per heavy atom. The molecule has 1 aromatic heterocycles. The highest BCUT2D eigenvalue weighted by molar-refractivity contribution is 8.00. The monoisotopic (exact) mass is 596 g/mol. The number of ether oxygens (including phenoxy) is 2. The number of hydrogen-bond donors (Lipinski definition) is 3. The number of hydrogen-bond acceptors (Lipinski definition) is 7. The number of nitrogens with zero attached hydrogens (tertiary/aromatic N) is 1. The van der Waals surface area contributed by atoms with Gasteiger partial charge in [-0.1, -0.05) is 31.2 Å². The number of benzene rings is 3. The highest BCUT2D eigenvalue weighted by Gasteiger charge is 2.20. The second-order valence-corrected chi connectivity index (χ2v) is 10.5. The fraction of sp³-hybridized carbons (Fsp3) is 0.152. The lowest BCUT2D eigenvalue weighted by atomic mass is 10.1. The summed E-state index contributed by atoms with van der Waals surface area (Å²) in [7, 11) is 3.06. The van der Waals surface area contributed by atoms with E-state index in [1.807, 2.05) is 13.0 Å². The quantitative estimate of drug-likeness (QED) is 0.135. The normalized spacial score (nSPS) is 11.7. The molecular formula is C33H32N4O5S. The van der Waals surface area contributed by atoms with Crippen LogP contribution in [-0.4, -0.2) is 42.2 Å². The number of thioether (sulfide) groups is 1. The largest absolute Gasteiger partial charge is 0.497 e. The van der Waals surface area contributed by atoms with E-state index in [9.17, 15) is 14.4 Å². The van der Waals surface area contributed by atoms with Crippen molar-refractivity contribution in [2.24, 2.45) is 0 Å². The van der Waals surface area contributed by atoms with Crippen molar-refractivity contribution in [3.8, 4) is 11.5 Å². The molecule has 0 saturated carbocycles. The molecule has 4 rings (SSSR count). The molecule has 10 heteroatoms. The lowest BCUT2D eigenvalue weighted by Crippen LogP contribution is -2.30. The summed E-state index contributed by atoms with van der Waals surface area (Å²) >= 11 is 1.39. The minimum atomic E-state index is -0.543. The van der Waals surface area contributed by atoms with Crippen molar-refractivity contribution in [1.82, 2.24) is 10.3 Å². The molecule has 3 amide bonds. The van der Waals surface area contributed by atoms with Crippen molar-refractivity contribution in [2.45, 2.75) is 23.5 Å². The van der Waals surface area contributed by atoms with E-state index in [4.69, 9.17) is 9.47 Å². The van der Waals surface area contributed by atoms with Gasteiger partial charge >= 0.3 is 0 Å². The Hall–Kier alpha value is -5.09. The summed E-state index contributed by atoms with van der Waals surface area (Å²) in [6.45, 7) is 1.94. The maximum absolute atomic E-state index is 13.6. The average molecular weight is 597 g/mol. The Labute approximate surface area is 254 Å². The van der Waals surface area contributed by atoms with Crippen LogP contribution in [0.5, 0.6) is 11.5 Å². The lowest BCUT2D eigenvalue weighted by molar-refractivity contribution is -0.116. The standard InChI is InChI=1S/C33H32N4O5S/c1-4-30(33(40)35-24-15-17-34-18-16-24)43-27-12-8-11-25(21-27)36-32(39)28(37-31(38)22-9-6-5-7-10-22)20-23-19-26(41-2)13-14-29(23)42-3/h5-21,30H,4H2,1-3H3,(H,36,39)(H,37,38)(H,34,35,40)/b28-20+. The smallest absolute Gasteiger partial charge is 0.272 e. The molecule has 3 aromatic carbocycles. The predicted molar refractivity (Wildman–Crippen MR) is 169 cm³/mol. The molecule has 9 nitrogen and oxygen atoms in total. The number of anilines is 2. The summed E-state index contributed by atoms with van der Waals surface area (Å²) in [6, 6.07) is 24.4. The van der Waals surface area contributed by atoms with Crippen LogP contribution in [0.4, 0.5) is 11.4 Å². The van der Waals surface area contributed by atoms with Gasteiger partial charge in [-0.3, -0.25) is 19.4 Å². The topological polar surface area (TPSA) is 119 Å². The first kappa shape index (κ1) is 30.9. The maximum atomic E-state index is 13.6.